The Bertz CT molecular complexity index is 679. The average Bonchev–Trinajstić information content (AvgIpc) is 2.94. The van der Waals surface area contributed by atoms with E-state index in [1.165, 1.54) is 0 Å². The Labute approximate surface area is 140 Å². The largest absolute Gasteiger partial charge is 0.387 e. The van der Waals surface area contributed by atoms with Crippen molar-refractivity contribution >= 4 is 23.3 Å². The summed E-state index contributed by atoms with van der Waals surface area (Å²) in [5.74, 6) is 0. The van der Waals surface area contributed by atoms with E-state index in [0.29, 0.717) is 16.3 Å². The average molecular weight is 337 g/mol. The van der Waals surface area contributed by atoms with Gasteiger partial charge in [0, 0.05) is 23.3 Å². The van der Waals surface area contributed by atoms with Crippen LogP contribution in [0.5, 0.6) is 0 Å². The molecule has 7 heteroatoms. The first-order valence-corrected chi connectivity index (χ1v) is 7.67. The Morgan fingerprint density at radius 1 is 1.39 bits per heavy atom. The van der Waals surface area contributed by atoms with Gasteiger partial charge in [0.05, 0.1) is 23.5 Å². The van der Waals surface area contributed by atoms with Crippen LogP contribution in [0.25, 0.3) is 0 Å². The number of aromatic nitrogens is 2. The first-order valence-electron chi connectivity index (χ1n) is 7.30. The number of anilines is 1. The van der Waals surface area contributed by atoms with Gasteiger partial charge in [0.15, 0.2) is 0 Å². The summed E-state index contributed by atoms with van der Waals surface area (Å²) in [6, 6.07) is 6.57. The number of urea groups is 1. The second-order valence-corrected chi connectivity index (χ2v) is 6.62. The highest BCUT2D eigenvalue weighted by Crippen LogP contribution is 2.22. The second kappa shape index (κ2) is 7.02. The highest BCUT2D eigenvalue weighted by molar-refractivity contribution is 6.31. The molecule has 0 saturated carbocycles. The molecule has 0 radical (unpaired) electrons. The molecule has 2 aromatic rings. The molecule has 0 fully saturated rings. The maximum atomic E-state index is 11.9. The molecule has 1 atom stereocenters. The molecule has 0 aliphatic heterocycles. The van der Waals surface area contributed by atoms with Gasteiger partial charge in [-0.25, -0.2) is 4.79 Å². The first kappa shape index (κ1) is 17.3. The summed E-state index contributed by atoms with van der Waals surface area (Å²) in [5, 5.41) is 20.0. The van der Waals surface area contributed by atoms with Crippen molar-refractivity contribution < 1.29 is 9.90 Å². The van der Waals surface area contributed by atoms with Crippen LogP contribution in [0, 0.1) is 0 Å². The molecule has 2 rings (SSSR count). The number of halogens is 1. The molecule has 0 spiro atoms. The van der Waals surface area contributed by atoms with E-state index in [1.54, 1.807) is 41.3 Å². The third-order valence-electron chi connectivity index (χ3n) is 3.25. The number of rotatable bonds is 4. The lowest BCUT2D eigenvalue weighted by Crippen LogP contribution is -2.32. The zero-order valence-corrected chi connectivity index (χ0v) is 14.1. The number of carbonyl (C=O) groups excluding carboxylic acids is 1. The number of amides is 2. The second-order valence-electron chi connectivity index (χ2n) is 6.22. The molecule has 0 aliphatic carbocycles. The molecule has 0 bridgehead atoms. The minimum Gasteiger partial charge on any atom is -0.387 e. The molecule has 2 amide bonds. The summed E-state index contributed by atoms with van der Waals surface area (Å²) in [5.41, 5.74) is 1.01. The lowest BCUT2D eigenvalue weighted by atomic mass is 10.1. The molecule has 0 saturated heterocycles. The highest BCUT2D eigenvalue weighted by Gasteiger charge is 2.15. The smallest absolute Gasteiger partial charge is 0.319 e. The molecular formula is C16H21ClN4O2. The third-order valence-corrected chi connectivity index (χ3v) is 3.59. The number of hydrogen-bond donors (Lipinski definition) is 3. The van der Waals surface area contributed by atoms with Gasteiger partial charge in [-0.15, -0.1) is 0 Å². The topological polar surface area (TPSA) is 79.2 Å². The van der Waals surface area contributed by atoms with E-state index in [0.717, 1.165) is 0 Å². The number of benzene rings is 1. The molecular weight excluding hydrogens is 316 g/mol. The highest BCUT2D eigenvalue weighted by atomic mass is 35.5. The minimum absolute atomic E-state index is 0.0585. The lowest BCUT2D eigenvalue weighted by molar-refractivity contribution is 0.175. The maximum Gasteiger partial charge on any atom is 0.319 e. The fourth-order valence-electron chi connectivity index (χ4n) is 1.97. The van der Waals surface area contributed by atoms with E-state index in [1.807, 2.05) is 20.8 Å². The lowest BCUT2D eigenvalue weighted by Gasteiger charge is -2.18. The third kappa shape index (κ3) is 4.71. The molecule has 124 valence electrons. The summed E-state index contributed by atoms with van der Waals surface area (Å²) in [6.07, 6.45) is 2.46. The molecule has 1 unspecified atom stereocenters. The number of nitrogens with zero attached hydrogens (tertiary/aromatic N) is 2. The zero-order valence-electron chi connectivity index (χ0n) is 13.4. The Hall–Kier alpha value is -2.05. The van der Waals surface area contributed by atoms with Crippen LogP contribution in [-0.2, 0) is 5.54 Å². The quantitative estimate of drug-likeness (QED) is 0.802. The van der Waals surface area contributed by atoms with Crippen molar-refractivity contribution in [1.29, 1.82) is 0 Å². The fourth-order valence-corrected chi connectivity index (χ4v) is 2.24. The van der Waals surface area contributed by atoms with E-state index in [2.05, 4.69) is 15.7 Å². The Balaban J connectivity index is 1.88. The van der Waals surface area contributed by atoms with Crippen LogP contribution in [0.2, 0.25) is 5.02 Å². The molecule has 1 aromatic carbocycles. The molecule has 23 heavy (non-hydrogen) atoms. The molecule has 3 N–H and O–H groups in total. The van der Waals surface area contributed by atoms with Crippen molar-refractivity contribution in [3.8, 4) is 0 Å². The Morgan fingerprint density at radius 2 is 2.09 bits per heavy atom. The Morgan fingerprint density at radius 3 is 2.70 bits per heavy atom. The van der Waals surface area contributed by atoms with Gasteiger partial charge in [-0.1, -0.05) is 29.8 Å². The van der Waals surface area contributed by atoms with Crippen LogP contribution in [0.4, 0.5) is 10.5 Å². The number of aliphatic hydroxyl groups is 1. The summed E-state index contributed by atoms with van der Waals surface area (Å²) in [4.78, 5) is 11.9. The normalized spacial score (nSPS) is 12.7. The number of hydrogen-bond acceptors (Lipinski definition) is 3. The van der Waals surface area contributed by atoms with Crippen LogP contribution in [0.15, 0.2) is 36.7 Å². The van der Waals surface area contributed by atoms with E-state index in [9.17, 15) is 9.90 Å². The maximum absolute atomic E-state index is 11.9. The zero-order chi connectivity index (χ0) is 17.0. The van der Waals surface area contributed by atoms with Crippen molar-refractivity contribution in [2.75, 3.05) is 11.9 Å². The molecule has 0 aliphatic rings. The predicted octanol–water partition coefficient (Wildman–Crippen LogP) is 3.15. The van der Waals surface area contributed by atoms with Crippen molar-refractivity contribution in [2.45, 2.75) is 32.4 Å². The summed E-state index contributed by atoms with van der Waals surface area (Å²) in [7, 11) is 0. The number of aliphatic hydroxyl groups excluding tert-OH is 1. The van der Waals surface area contributed by atoms with E-state index in [-0.39, 0.29) is 12.1 Å². The van der Waals surface area contributed by atoms with E-state index in [4.69, 9.17) is 11.6 Å². The monoisotopic (exact) mass is 336 g/mol. The summed E-state index contributed by atoms with van der Waals surface area (Å²) < 4.78 is 1.77. The van der Waals surface area contributed by atoms with Gasteiger partial charge >= 0.3 is 6.03 Å². The van der Waals surface area contributed by atoms with Gasteiger partial charge < -0.3 is 15.7 Å². The van der Waals surface area contributed by atoms with E-state index >= 15 is 0 Å². The van der Waals surface area contributed by atoms with Crippen molar-refractivity contribution in [3.05, 3.63) is 47.2 Å². The van der Waals surface area contributed by atoms with Crippen LogP contribution in [0.3, 0.4) is 0 Å². The number of carbonyl (C=O) groups is 1. The van der Waals surface area contributed by atoms with Crippen molar-refractivity contribution in [1.82, 2.24) is 15.1 Å². The fraction of sp³-hybridized carbons (Fsp3) is 0.375. The van der Waals surface area contributed by atoms with Gasteiger partial charge in [0.1, 0.15) is 0 Å². The van der Waals surface area contributed by atoms with Gasteiger partial charge in [-0.05, 0) is 26.8 Å². The predicted molar refractivity (Wildman–Crippen MR) is 90.7 cm³/mol. The number of nitrogens with one attached hydrogen (secondary N) is 2. The van der Waals surface area contributed by atoms with Crippen LogP contribution in [0.1, 0.15) is 32.4 Å². The summed E-state index contributed by atoms with van der Waals surface area (Å²) in [6.45, 7) is 6.11. The van der Waals surface area contributed by atoms with Crippen molar-refractivity contribution in [3.63, 3.8) is 0 Å². The van der Waals surface area contributed by atoms with Gasteiger partial charge in [0.2, 0.25) is 0 Å². The van der Waals surface area contributed by atoms with Gasteiger partial charge in [-0.2, -0.15) is 5.10 Å². The minimum atomic E-state index is -0.869. The van der Waals surface area contributed by atoms with Crippen molar-refractivity contribution in [2.24, 2.45) is 0 Å². The van der Waals surface area contributed by atoms with Crippen LogP contribution in [-0.4, -0.2) is 27.5 Å². The molecule has 6 nitrogen and oxygen atoms in total. The van der Waals surface area contributed by atoms with Gasteiger partial charge in [-0.3, -0.25) is 4.68 Å². The van der Waals surface area contributed by atoms with E-state index < -0.39 is 12.1 Å². The first-order chi connectivity index (χ1) is 10.8. The standard InChI is InChI=1S/C16H21ClN4O2/c1-16(2,3)21-10-11(8-19-21)20-15(23)18-9-14(22)12-6-4-5-7-13(12)17/h4-8,10,14,22H,9H2,1-3H3,(H2,18,20,23). The Kier molecular flexibility index (Phi) is 5.28. The van der Waals surface area contributed by atoms with Crippen LogP contribution >= 0.6 is 11.6 Å². The molecule has 1 heterocycles. The SMILES string of the molecule is CC(C)(C)n1cc(NC(=O)NCC(O)c2ccccc2Cl)cn1. The summed E-state index contributed by atoms with van der Waals surface area (Å²) >= 11 is 6.01. The molecule has 1 aromatic heterocycles. The van der Waals surface area contributed by atoms with Crippen LogP contribution < -0.4 is 10.6 Å². The van der Waals surface area contributed by atoms with Gasteiger partial charge in [0.25, 0.3) is 0 Å².